The summed E-state index contributed by atoms with van der Waals surface area (Å²) in [7, 11) is 0. The van der Waals surface area contributed by atoms with Crippen LogP contribution in [-0.4, -0.2) is 45.9 Å². The molecule has 1 amide bonds. The minimum atomic E-state index is -0.548. The van der Waals surface area contributed by atoms with Crippen LogP contribution in [0.2, 0.25) is 0 Å². The molecular weight excluding hydrogens is 356 g/mol. The lowest BCUT2D eigenvalue weighted by molar-refractivity contribution is 0.0306. The van der Waals surface area contributed by atoms with E-state index < -0.39 is 17.3 Å². The minimum absolute atomic E-state index is 0.309. The fraction of sp³-hybridized carbons (Fsp3) is 0.455. The molecule has 6 heteroatoms. The summed E-state index contributed by atoms with van der Waals surface area (Å²) < 4.78 is 12.4. The molecule has 0 bridgehead atoms. The Hall–Kier alpha value is -2.76. The number of ether oxygens (including phenoxy) is 2. The standard InChI is InChI=1S/C22H28N2O4/c1-21(2,3)27-19(25)23-11-9-17(14-23)15-7-8-18-16(13-15)10-12-24(18)20(26)28-22(4,5)6/h7-10,12-13H,11,14H2,1-6H3. The van der Waals surface area contributed by atoms with Gasteiger partial charge >= 0.3 is 12.2 Å². The highest BCUT2D eigenvalue weighted by atomic mass is 16.6. The van der Waals surface area contributed by atoms with Gasteiger partial charge in [-0.25, -0.2) is 9.59 Å². The molecule has 0 saturated carbocycles. The summed E-state index contributed by atoms with van der Waals surface area (Å²) >= 11 is 0. The number of amides is 1. The first kappa shape index (κ1) is 20.0. The number of rotatable bonds is 1. The zero-order chi connectivity index (χ0) is 20.7. The zero-order valence-electron chi connectivity index (χ0n) is 17.4. The molecular formula is C22H28N2O4. The van der Waals surface area contributed by atoms with Crippen molar-refractivity contribution in [2.24, 2.45) is 0 Å². The van der Waals surface area contributed by atoms with Crippen molar-refractivity contribution in [2.75, 3.05) is 13.1 Å². The van der Waals surface area contributed by atoms with Crippen LogP contribution in [0.4, 0.5) is 9.59 Å². The molecule has 1 aromatic carbocycles. The van der Waals surface area contributed by atoms with Crippen LogP contribution in [0, 0.1) is 0 Å². The number of aromatic nitrogens is 1. The second kappa shape index (κ2) is 7.00. The van der Waals surface area contributed by atoms with Gasteiger partial charge in [0.2, 0.25) is 0 Å². The number of hydrogen-bond donors (Lipinski definition) is 0. The van der Waals surface area contributed by atoms with E-state index >= 15 is 0 Å². The minimum Gasteiger partial charge on any atom is -0.444 e. The van der Waals surface area contributed by atoms with Gasteiger partial charge in [-0.2, -0.15) is 0 Å². The molecule has 1 aromatic heterocycles. The van der Waals surface area contributed by atoms with Crippen molar-refractivity contribution in [3.05, 3.63) is 42.1 Å². The van der Waals surface area contributed by atoms with E-state index in [2.05, 4.69) is 0 Å². The first-order chi connectivity index (χ1) is 12.9. The second-order valence-electron chi connectivity index (χ2n) is 9.03. The molecule has 0 spiro atoms. The van der Waals surface area contributed by atoms with E-state index in [0.717, 1.165) is 22.0 Å². The van der Waals surface area contributed by atoms with Gasteiger partial charge in [-0.1, -0.05) is 12.1 Å². The van der Waals surface area contributed by atoms with Crippen molar-refractivity contribution < 1.29 is 19.1 Å². The lowest BCUT2D eigenvalue weighted by Gasteiger charge is -2.24. The number of benzene rings is 1. The summed E-state index contributed by atoms with van der Waals surface area (Å²) in [4.78, 5) is 26.3. The third kappa shape index (κ3) is 4.55. The fourth-order valence-electron chi connectivity index (χ4n) is 3.04. The molecule has 150 valence electrons. The average molecular weight is 384 g/mol. The highest BCUT2D eigenvalue weighted by Gasteiger charge is 2.26. The van der Waals surface area contributed by atoms with Gasteiger partial charge in [0.05, 0.1) is 5.52 Å². The van der Waals surface area contributed by atoms with Crippen molar-refractivity contribution >= 4 is 28.7 Å². The average Bonchev–Trinajstić information content (AvgIpc) is 3.18. The van der Waals surface area contributed by atoms with Crippen molar-refractivity contribution in [1.29, 1.82) is 0 Å². The van der Waals surface area contributed by atoms with Crippen LogP contribution in [-0.2, 0) is 9.47 Å². The van der Waals surface area contributed by atoms with Crippen LogP contribution in [0.15, 0.2) is 36.5 Å². The molecule has 1 aliphatic heterocycles. The second-order valence-corrected chi connectivity index (χ2v) is 9.03. The first-order valence-electron chi connectivity index (χ1n) is 9.45. The van der Waals surface area contributed by atoms with Crippen LogP contribution in [0.3, 0.4) is 0 Å². The first-order valence-corrected chi connectivity index (χ1v) is 9.45. The van der Waals surface area contributed by atoms with Crippen LogP contribution < -0.4 is 0 Å². The van der Waals surface area contributed by atoms with Gasteiger partial charge in [0.15, 0.2) is 0 Å². The summed E-state index contributed by atoms with van der Waals surface area (Å²) in [6, 6.07) is 7.80. The third-order valence-corrected chi connectivity index (χ3v) is 4.22. The van der Waals surface area contributed by atoms with Gasteiger partial charge in [0.1, 0.15) is 11.2 Å². The normalized spacial score (nSPS) is 14.9. The van der Waals surface area contributed by atoms with Crippen LogP contribution in [0.25, 0.3) is 16.5 Å². The summed E-state index contributed by atoms with van der Waals surface area (Å²) in [6.45, 7) is 12.1. The van der Waals surface area contributed by atoms with Gasteiger partial charge in [0, 0.05) is 24.7 Å². The maximum atomic E-state index is 12.4. The highest BCUT2D eigenvalue weighted by Crippen LogP contribution is 2.27. The SMILES string of the molecule is CC(C)(C)OC(=O)N1CC=C(c2ccc3c(ccn3C(=O)OC(C)(C)C)c2)C1. The monoisotopic (exact) mass is 384 g/mol. The molecule has 0 saturated heterocycles. The summed E-state index contributed by atoms with van der Waals surface area (Å²) in [5, 5.41) is 0.944. The van der Waals surface area contributed by atoms with E-state index in [1.54, 1.807) is 11.1 Å². The maximum Gasteiger partial charge on any atom is 0.418 e. The predicted octanol–water partition coefficient (Wildman–Crippen LogP) is 5.06. The highest BCUT2D eigenvalue weighted by molar-refractivity contribution is 5.92. The molecule has 0 fully saturated rings. The number of hydrogen-bond acceptors (Lipinski definition) is 4. The van der Waals surface area contributed by atoms with E-state index in [-0.39, 0.29) is 6.09 Å². The molecule has 28 heavy (non-hydrogen) atoms. The predicted molar refractivity (Wildman–Crippen MR) is 109 cm³/mol. The van der Waals surface area contributed by atoms with Crippen molar-refractivity contribution in [3.8, 4) is 0 Å². The molecule has 0 radical (unpaired) electrons. The Kier molecular flexibility index (Phi) is 5.00. The van der Waals surface area contributed by atoms with Gasteiger partial charge in [0.25, 0.3) is 0 Å². The molecule has 0 atom stereocenters. The van der Waals surface area contributed by atoms with E-state index in [0.29, 0.717) is 13.1 Å². The summed E-state index contributed by atoms with van der Waals surface area (Å²) in [5.74, 6) is 0. The maximum absolute atomic E-state index is 12.4. The van der Waals surface area contributed by atoms with E-state index in [4.69, 9.17) is 9.47 Å². The van der Waals surface area contributed by atoms with Gasteiger partial charge < -0.3 is 14.4 Å². The molecule has 1 aliphatic rings. The smallest absolute Gasteiger partial charge is 0.418 e. The van der Waals surface area contributed by atoms with E-state index in [1.165, 1.54) is 4.57 Å². The molecule has 3 rings (SSSR count). The zero-order valence-corrected chi connectivity index (χ0v) is 17.4. The molecule has 0 N–H and O–H groups in total. The lowest BCUT2D eigenvalue weighted by atomic mass is 10.1. The fourth-order valence-corrected chi connectivity index (χ4v) is 3.04. The Morgan fingerprint density at radius 3 is 2.21 bits per heavy atom. The molecule has 2 heterocycles. The Morgan fingerprint density at radius 1 is 0.929 bits per heavy atom. The molecule has 0 unspecified atom stereocenters. The van der Waals surface area contributed by atoms with Crippen molar-refractivity contribution in [3.63, 3.8) is 0 Å². The molecule has 2 aromatic rings. The lowest BCUT2D eigenvalue weighted by Crippen LogP contribution is -2.35. The number of nitrogens with zero attached hydrogens (tertiary/aromatic N) is 2. The number of carbonyl (C=O) groups excluding carboxylic acids is 2. The van der Waals surface area contributed by atoms with Gasteiger partial charge in [-0.05, 0) is 70.9 Å². The van der Waals surface area contributed by atoms with E-state index in [9.17, 15) is 9.59 Å². The topological polar surface area (TPSA) is 60.8 Å². The quantitative estimate of drug-likeness (QED) is 0.690. The molecule has 0 aliphatic carbocycles. The summed E-state index contributed by atoms with van der Waals surface area (Å²) in [6.07, 6.45) is 3.05. The number of fused-ring (bicyclic) bond motifs is 1. The largest absolute Gasteiger partial charge is 0.444 e. The third-order valence-electron chi connectivity index (χ3n) is 4.22. The summed E-state index contributed by atoms with van der Waals surface area (Å²) in [5.41, 5.74) is 1.83. The Labute approximate surface area is 165 Å². The Bertz CT molecular complexity index is 942. The van der Waals surface area contributed by atoms with E-state index in [1.807, 2.05) is 71.9 Å². The van der Waals surface area contributed by atoms with Crippen molar-refractivity contribution in [2.45, 2.75) is 52.7 Å². The van der Waals surface area contributed by atoms with Crippen LogP contribution in [0.1, 0.15) is 47.1 Å². The Balaban J connectivity index is 1.76. The molecule has 6 nitrogen and oxygen atoms in total. The number of carbonyl (C=O) groups is 2. The van der Waals surface area contributed by atoms with Gasteiger partial charge in [-0.3, -0.25) is 4.57 Å². The van der Waals surface area contributed by atoms with Crippen molar-refractivity contribution in [1.82, 2.24) is 9.47 Å². The van der Waals surface area contributed by atoms with Gasteiger partial charge in [-0.15, -0.1) is 0 Å². The Morgan fingerprint density at radius 2 is 1.57 bits per heavy atom. The van der Waals surface area contributed by atoms with Crippen LogP contribution in [0.5, 0.6) is 0 Å². The van der Waals surface area contributed by atoms with Crippen LogP contribution >= 0.6 is 0 Å².